The standard InChI is InChI=1S/C16H14Cl2N2O/c1-10-4-3-5-12-16(10)20(15(9-17)19-12)13-8-11(18)6-7-14(13)21-2/h3-8H,9H2,1-2H3. The van der Waals surface area contributed by atoms with E-state index >= 15 is 0 Å². The number of aryl methyl sites for hydroxylation is 1. The first-order valence-corrected chi connectivity index (χ1v) is 7.43. The molecule has 2 aromatic carbocycles. The summed E-state index contributed by atoms with van der Waals surface area (Å²) < 4.78 is 7.48. The zero-order chi connectivity index (χ0) is 15.0. The van der Waals surface area contributed by atoms with Gasteiger partial charge in [-0.1, -0.05) is 23.7 Å². The van der Waals surface area contributed by atoms with E-state index in [2.05, 4.69) is 18.0 Å². The topological polar surface area (TPSA) is 27.1 Å². The van der Waals surface area contributed by atoms with Crippen LogP contribution in [0.4, 0.5) is 0 Å². The third kappa shape index (κ3) is 2.37. The Bertz CT molecular complexity index is 811. The van der Waals surface area contributed by atoms with Crippen LogP contribution in [0, 0.1) is 6.92 Å². The van der Waals surface area contributed by atoms with Crippen molar-refractivity contribution in [2.24, 2.45) is 0 Å². The van der Waals surface area contributed by atoms with Crippen molar-refractivity contribution in [3.8, 4) is 11.4 Å². The number of rotatable bonds is 3. The highest BCUT2D eigenvalue weighted by molar-refractivity contribution is 6.30. The Labute approximate surface area is 133 Å². The molecule has 0 unspecified atom stereocenters. The lowest BCUT2D eigenvalue weighted by Crippen LogP contribution is -2.02. The van der Waals surface area contributed by atoms with Gasteiger partial charge in [0.15, 0.2) is 0 Å². The molecule has 1 heterocycles. The third-order valence-electron chi connectivity index (χ3n) is 3.45. The quantitative estimate of drug-likeness (QED) is 0.652. The van der Waals surface area contributed by atoms with Crippen LogP contribution in [0.3, 0.4) is 0 Å². The maximum absolute atomic E-state index is 6.15. The van der Waals surface area contributed by atoms with Gasteiger partial charge in [0.25, 0.3) is 0 Å². The molecule has 5 heteroatoms. The number of imidazole rings is 1. The lowest BCUT2D eigenvalue weighted by atomic mass is 10.2. The van der Waals surface area contributed by atoms with Crippen molar-refractivity contribution in [1.82, 2.24) is 9.55 Å². The van der Waals surface area contributed by atoms with Gasteiger partial charge in [-0.15, -0.1) is 11.6 Å². The number of ether oxygens (including phenoxy) is 1. The molecule has 0 aliphatic carbocycles. The number of para-hydroxylation sites is 1. The summed E-state index contributed by atoms with van der Waals surface area (Å²) in [7, 11) is 1.64. The van der Waals surface area contributed by atoms with Gasteiger partial charge in [-0.25, -0.2) is 4.98 Å². The van der Waals surface area contributed by atoms with Gasteiger partial charge in [0.1, 0.15) is 11.6 Å². The fraction of sp³-hybridized carbons (Fsp3) is 0.188. The minimum Gasteiger partial charge on any atom is -0.495 e. The Balaban J connectivity index is 2.41. The Morgan fingerprint density at radius 2 is 2.05 bits per heavy atom. The smallest absolute Gasteiger partial charge is 0.143 e. The van der Waals surface area contributed by atoms with Gasteiger partial charge in [-0.3, -0.25) is 4.57 Å². The van der Waals surface area contributed by atoms with E-state index in [1.54, 1.807) is 13.2 Å². The number of methoxy groups -OCH3 is 1. The van der Waals surface area contributed by atoms with E-state index in [0.717, 1.165) is 33.9 Å². The molecule has 0 radical (unpaired) electrons. The summed E-state index contributed by atoms with van der Waals surface area (Å²) >= 11 is 12.2. The highest BCUT2D eigenvalue weighted by atomic mass is 35.5. The number of aromatic nitrogens is 2. The molecule has 3 rings (SSSR count). The summed E-state index contributed by atoms with van der Waals surface area (Å²) in [5, 5.41) is 0.641. The molecule has 3 nitrogen and oxygen atoms in total. The Hall–Kier alpha value is -1.71. The molecule has 0 spiro atoms. The second-order valence-corrected chi connectivity index (χ2v) is 5.46. The van der Waals surface area contributed by atoms with Crippen molar-refractivity contribution >= 4 is 34.2 Å². The number of hydrogen-bond acceptors (Lipinski definition) is 2. The maximum Gasteiger partial charge on any atom is 0.143 e. The summed E-state index contributed by atoms with van der Waals surface area (Å²) in [5.41, 5.74) is 3.90. The lowest BCUT2D eigenvalue weighted by Gasteiger charge is -2.14. The number of fused-ring (bicyclic) bond motifs is 1. The van der Waals surface area contributed by atoms with Gasteiger partial charge in [-0.05, 0) is 36.8 Å². The largest absolute Gasteiger partial charge is 0.495 e. The second kappa shape index (κ2) is 5.58. The normalized spacial score (nSPS) is 11.0. The van der Waals surface area contributed by atoms with E-state index in [-0.39, 0.29) is 0 Å². The fourth-order valence-corrected chi connectivity index (χ4v) is 2.88. The van der Waals surface area contributed by atoms with Gasteiger partial charge in [-0.2, -0.15) is 0 Å². The molecular formula is C16H14Cl2N2O. The first kappa shape index (κ1) is 14.2. The van der Waals surface area contributed by atoms with Gasteiger partial charge in [0, 0.05) is 5.02 Å². The monoisotopic (exact) mass is 320 g/mol. The highest BCUT2D eigenvalue weighted by Crippen LogP contribution is 2.32. The van der Waals surface area contributed by atoms with E-state index in [1.807, 2.05) is 28.8 Å². The summed E-state index contributed by atoms with van der Waals surface area (Å²) in [6, 6.07) is 11.5. The molecule has 0 saturated carbocycles. The van der Waals surface area contributed by atoms with Crippen LogP contribution in [-0.4, -0.2) is 16.7 Å². The van der Waals surface area contributed by atoms with Crippen LogP contribution in [-0.2, 0) is 5.88 Å². The van der Waals surface area contributed by atoms with Crippen LogP contribution in [0.15, 0.2) is 36.4 Å². The van der Waals surface area contributed by atoms with Gasteiger partial charge in [0.2, 0.25) is 0 Å². The van der Waals surface area contributed by atoms with Crippen LogP contribution < -0.4 is 4.74 Å². The molecule has 0 aliphatic heterocycles. The van der Waals surface area contributed by atoms with Crippen molar-refractivity contribution in [3.63, 3.8) is 0 Å². The number of alkyl halides is 1. The summed E-state index contributed by atoms with van der Waals surface area (Å²) in [5.74, 6) is 1.80. The molecule has 108 valence electrons. The molecular weight excluding hydrogens is 307 g/mol. The average molecular weight is 321 g/mol. The van der Waals surface area contributed by atoms with Crippen LogP contribution in [0.1, 0.15) is 11.4 Å². The number of nitrogens with zero attached hydrogens (tertiary/aromatic N) is 2. The first-order chi connectivity index (χ1) is 10.2. The Kier molecular flexibility index (Phi) is 3.79. The van der Waals surface area contributed by atoms with E-state index < -0.39 is 0 Å². The molecule has 0 amide bonds. The molecule has 0 saturated heterocycles. The van der Waals surface area contributed by atoms with Crippen LogP contribution in [0.5, 0.6) is 5.75 Å². The van der Waals surface area contributed by atoms with Gasteiger partial charge >= 0.3 is 0 Å². The minimum absolute atomic E-state index is 0.309. The zero-order valence-electron chi connectivity index (χ0n) is 11.7. The van der Waals surface area contributed by atoms with Crippen molar-refractivity contribution < 1.29 is 4.74 Å². The summed E-state index contributed by atoms with van der Waals surface area (Å²) in [4.78, 5) is 4.61. The molecule has 0 aliphatic rings. The number of halogens is 2. The molecule has 3 aromatic rings. The predicted molar refractivity (Wildman–Crippen MR) is 86.9 cm³/mol. The Morgan fingerprint density at radius 1 is 1.24 bits per heavy atom. The molecule has 0 bridgehead atoms. The average Bonchev–Trinajstić information content (AvgIpc) is 2.87. The highest BCUT2D eigenvalue weighted by Gasteiger charge is 2.16. The van der Waals surface area contributed by atoms with Crippen molar-refractivity contribution in [1.29, 1.82) is 0 Å². The third-order valence-corrected chi connectivity index (χ3v) is 3.92. The first-order valence-electron chi connectivity index (χ1n) is 6.52. The summed E-state index contributed by atoms with van der Waals surface area (Å²) in [6.45, 7) is 2.05. The predicted octanol–water partition coefficient (Wildman–Crippen LogP) is 4.73. The van der Waals surface area contributed by atoms with Crippen LogP contribution in [0.25, 0.3) is 16.7 Å². The minimum atomic E-state index is 0.309. The lowest BCUT2D eigenvalue weighted by molar-refractivity contribution is 0.413. The molecule has 21 heavy (non-hydrogen) atoms. The number of hydrogen-bond donors (Lipinski definition) is 0. The fourth-order valence-electron chi connectivity index (χ4n) is 2.53. The summed E-state index contributed by atoms with van der Waals surface area (Å²) in [6.07, 6.45) is 0. The second-order valence-electron chi connectivity index (χ2n) is 4.76. The molecule has 1 aromatic heterocycles. The van der Waals surface area contributed by atoms with Crippen LogP contribution >= 0.6 is 23.2 Å². The van der Waals surface area contributed by atoms with E-state index in [0.29, 0.717) is 10.9 Å². The van der Waals surface area contributed by atoms with Gasteiger partial charge < -0.3 is 4.74 Å². The van der Waals surface area contributed by atoms with Crippen LogP contribution in [0.2, 0.25) is 5.02 Å². The van der Waals surface area contributed by atoms with Crippen molar-refractivity contribution in [2.45, 2.75) is 12.8 Å². The molecule has 0 fully saturated rings. The van der Waals surface area contributed by atoms with E-state index in [1.165, 1.54) is 0 Å². The Morgan fingerprint density at radius 3 is 2.76 bits per heavy atom. The van der Waals surface area contributed by atoms with E-state index in [9.17, 15) is 0 Å². The van der Waals surface area contributed by atoms with Crippen molar-refractivity contribution in [3.05, 3.63) is 52.8 Å². The molecule has 0 N–H and O–H groups in total. The van der Waals surface area contributed by atoms with E-state index in [4.69, 9.17) is 27.9 Å². The zero-order valence-corrected chi connectivity index (χ0v) is 13.2. The SMILES string of the molecule is COc1ccc(Cl)cc1-n1c(CCl)nc2cccc(C)c21. The molecule has 0 atom stereocenters. The maximum atomic E-state index is 6.15. The number of benzene rings is 2. The van der Waals surface area contributed by atoms with Gasteiger partial charge in [0.05, 0.1) is 29.7 Å². The van der Waals surface area contributed by atoms with Crippen molar-refractivity contribution in [2.75, 3.05) is 7.11 Å².